The van der Waals surface area contributed by atoms with Crippen LogP contribution in [0.5, 0.6) is 0 Å². The third kappa shape index (κ3) is 4.83. The molecule has 3 heteroatoms. The molecular weight excluding hydrogens is 549 g/mol. The zero-order valence-electron chi connectivity index (χ0n) is 24.8. The van der Waals surface area contributed by atoms with Crippen molar-refractivity contribution in [2.24, 2.45) is 0 Å². The summed E-state index contributed by atoms with van der Waals surface area (Å²) in [6, 6.07) is 43.5. The van der Waals surface area contributed by atoms with Gasteiger partial charge in [-0.25, -0.2) is 0 Å². The molecule has 0 aliphatic rings. The van der Waals surface area contributed by atoms with E-state index in [1.54, 1.807) is 6.07 Å². The van der Waals surface area contributed by atoms with Crippen LogP contribution in [0.25, 0.3) is 65.7 Å². The van der Waals surface area contributed by atoms with Crippen molar-refractivity contribution in [2.75, 3.05) is 0 Å². The van der Waals surface area contributed by atoms with E-state index in [1.807, 2.05) is 30.3 Å². The summed E-state index contributed by atoms with van der Waals surface area (Å²) < 4.78 is 41.8. The molecule has 7 rings (SSSR count). The molecule has 0 aromatic heterocycles. The number of benzene rings is 7. The Morgan fingerprint density at radius 1 is 0.409 bits per heavy atom. The van der Waals surface area contributed by atoms with E-state index in [0.29, 0.717) is 5.56 Å². The van der Waals surface area contributed by atoms with Crippen LogP contribution in [0.1, 0.15) is 31.9 Å². The number of halogens is 3. The van der Waals surface area contributed by atoms with Crippen LogP contribution < -0.4 is 0 Å². The van der Waals surface area contributed by atoms with Crippen molar-refractivity contribution < 1.29 is 13.2 Å². The van der Waals surface area contributed by atoms with Gasteiger partial charge in [-0.05, 0) is 94.9 Å². The Balaban J connectivity index is 1.59. The molecule has 0 fully saturated rings. The molecule has 0 heterocycles. The highest BCUT2D eigenvalue weighted by Crippen LogP contribution is 2.47. The molecule has 216 valence electrons. The second-order valence-electron chi connectivity index (χ2n) is 12.5. The molecule has 0 nitrogen and oxygen atoms in total. The van der Waals surface area contributed by atoms with Crippen LogP contribution in [0, 0.1) is 0 Å². The predicted molar refractivity (Wildman–Crippen MR) is 179 cm³/mol. The molecule has 0 bridgehead atoms. The molecule has 44 heavy (non-hydrogen) atoms. The molecule has 0 aliphatic heterocycles. The highest BCUT2D eigenvalue weighted by Gasteiger charge is 2.31. The van der Waals surface area contributed by atoms with Gasteiger partial charge < -0.3 is 0 Å². The Kier molecular flexibility index (Phi) is 6.58. The topological polar surface area (TPSA) is 0 Å². The van der Waals surface area contributed by atoms with Gasteiger partial charge in [0.05, 0.1) is 5.56 Å². The maximum Gasteiger partial charge on any atom is 0.416 e. The van der Waals surface area contributed by atoms with E-state index in [0.717, 1.165) is 66.2 Å². The molecule has 0 amide bonds. The maximum atomic E-state index is 13.9. The first kappa shape index (κ1) is 27.9. The first-order valence-electron chi connectivity index (χ1n) is 14.8. The van der Waals surface area contributed by atoms with Crippen molar-refractivity contribution in [1.29, 1.82) is 0 Å². The Morgan fingerprint density at radius 2 is 1.00 bits per heavy atom. The Morgan fingerprint density at radius 3 is 1.70 bits per heavy atom. The van der Waals surface area contributed by atoms with Crippen molar-refractivity contribution >= 4 is 32.3 Å². The number of rotatable bonds is 3. The standard InChI is InChI=1S/C41H31F3/c1-40(2,3)30-21-18-26(19-22-30)28-20-23-36-37(25-28)38(29-12-8-13-31(24-29)41(42,43)44)34-15-6-7-16-35(34)39(36)33-17-9-11-27-10-4-5-14-32(27)33/h4-25H,1-3H3. The average molecular weight is 581 g/mol. The van der Waals surface area contributed by atoms with Crippen molar-refractivity contribution in [3.63, 3.8) is 0 Å². The van der Waals surface area contributed by atoms with E-state index in [4.69, 9.17) is 0 Å². The van der Waals surface area contributed by atoms with E-state index in [2.05, 4.69) is 99.6 Å². The molecule has 0 aliphatic carbocycles. The van der Waals surface area contributed by atoms with Crippen molar-refractivity contribution in [1.82, 2.24) is 0 Å². The van der Waals surface area contributed by atoms with Crippen LogP contribution in [-0.2, 0) is 11.6 Å². The van der Waals surface area contributed by atoms with Gasteiger partial charge in [0, 0.05) is 0 Å². The summed E-state index contributed by atoms with van der Waals surface area (Å²) in [5.74, 6) is 0. The van der Waals surface area contributed by atoms with Crippen LogP contribution in [0.3, 0.4) is 0 Å². The third-order valence-corrected chi connectivity index (χ3v) is 8.65. The lowest BCUT2D eigenvalue weighted by Gasteiger charge is -2.21. The normalized spacial score (nSPS) is 12.3. The van der Waals surface area contributed by atoms with E-state index in [9.17, 15) is 13.2 Å². The molecule has 0 radical (unpaired) electrons. The van der Waals surface area contributed by atoms with Crippen molar-refractivity contribution in [2.45, 2.75) is 32.4 Å². The zero-order chi connectivity index (χ0) is 30.6. The second-order valence-corrected chi connectivity index (χ2v) is 12.5. The van der Waals surface area contributed by atoms with Gasteiger partial charge in [-0.2, -0.15) is 13.2 Å². The Bertz CT molecular complexity index is 2170. The molecular formula is C41H31F3. The summed E-state index contributed by atoms with van der Waals surface area (Å²) >= 11 is 0. The van der Waals surface area contributed by atoms with Crippen LogP contribution in [0.2, 0.25) is 0 Å². The molecule has 7 aromatic carbocycles. The second kappa shape index (κ2) is 10.4. The number of alkyl halides is 3. The highest BCUT2D eigenvalue weighted by molar-refractivity contribution is 6.24. The maximum absolute atomic E-state index is 13.9. The fraction of sp³-hybridized carbons (Fsp3) is 0.122. The highest BCUT2D eigenvalue weighted by atomic mass is 19.4. The van der Waals surface area contributed by atoms with Crippen LogP contribution in [0.4, 0.5) is 13.2 Å². The first-order chi connectivity index (χ1) is 21.1. The number of hydrogen-bond acceptors (Lipinski definition) is 0. The third-order valence-electron chi connectivity index (χ3n) is 8.65. The van der Waals surface area contributed by atoms with E-state index < -0.39 is 11.7 Å². The van der Waals surface area contributed by atoms with Gasteiger partial charge >= 0.3 is 6.18 Å². The molecule has 0 saturated carbocycles. The lowest BCUT2D eigenvalue weighted by Crippen LogP contribution is -2.10. The van der Waals surface area contributed by atoms with Gasteiger partial charge in [-0.15, -0.1) is 0 Å². The van der Waals surface area contributed by atoms with Gasteiger partial charge in [0.1, 0.15) is 0 Å². The lowest BCUT2D eigenvalue weighted by molar-refractivity contribution is -0.137. The fourth-order valence-electron chi connectivity index (χ4n) is 6.42. The quantitative estimate of drug-likeness (QED) is 0.182. The summed E-state index contributed by atoms with van der Waals surface area (Å²) in [6.07, 6.45) is -4.44. The summed E-state index contributed by atoms with van der Waals surface area (Å²) in [5.41, 5.74) is 6.24. The first-order valence-corrected chi connectivity index (χ1v) is 14.8. The Hall–Kier alpha value is -4.89. The predicted octanol–water partition coefficient (Wildman–Crippen LogP) is 12.5. The van der Waals surface area contributed by atoms with Gasteiger partial charge in [-0.1, -0.05) is 136 Å². The molecule has 0 N–H and O–H groups in total. The van der Waals surface area contributed by atoms with Gasteiger partial charge in [0.25, 0.3) is 0 Å². The SMILES string of the molecule is CC(C)(C)c1ccc(-c2ccc3c(-c4cccc5ccccc45)c4ccccc4c(-c4cccc(C(F)(F)F)c4)c3c2)cc1. The molecule has 7 aromatic rings. The van der Waals surface area contributed by atoms with Crippen LogP contribution >= 0.6 is 0 Å². The van der Waals surface area contributed by atoms with Gasteiger partial charge in [0.2, 0.25) is 0 Å². The van der Waals surface area contributed by atoms with Gasteiger partial charge in [-0.3, -0.25) is 0 Å². The van der Waals surface area contributed by atoms with Crippen LogP contribution in [-0.4, -0.2) is 0 Å². The minimum absolute atomic E-state index is 0.0326. The molecule has 0 spiro atoms. The summed E-state index contributed by atoms with van der Waals surface area (Å²) in [6.45, 7) is 6.58. The van der Waals surface area contributed by atoms with Crippen molar-refractivity contribution in [3.8, 4) is 33.4 Å². The van der Waals surface area contributed by atoms with Crippen LogP contribution in [0.15, 0.2) is 133 Å². The smallest absolute Gasteiger partial charge is 0.166 e. The minimum atomic E-state index is -4.44. The summed E-state index contributed by atoms with van der Waals surface area (Å²) in [7, 11) is 0. The molecule has 0 atom stereocenters. The molecule has 0 unspecified atom stereocenters. The minimum Gasteiger partial charge on any atom is -0.166 e. The van der Waals surface area contributed by atoms with E-state index in [-0.39, 0.29) is 5.41 Å². The molecule has 0 saturated heterocycles. The summed E-state index contributed by atoms with van der Waals surface area (Å²) in [5, 5.41) is 6.12. The largest absolute Gasteiger partial charge is 0.416 e. The summed E-state index contributed by atoms with van der Waals surface area (Å²) in [4.78, 5) is 0. The lowest BCUT2D eigenvalue weighted by atomic mass is 9.83. The Labute approximate surface area is 255 Å². The average Bonchev–Trinajstić information content (AvgIpc) is 3.02. The van der Waals surface area contributed by atoms with Crippen molar-refractivity contribution in [3.05, 3.63) is 145 Å². The van der Waals surface area contributed by atoms with Gasteiger partial charge in [0.15, 0.2) is 0 Å². The number of hydrogen-bond donors (Lipinski definition) is 0. The van der Waals surface area contributed by atoms with E-state index >= 15 is 0 Å². The number of fused-ring (bicyclic) bond motifs is 3. The zero-order valence-corrected chi connectivity index (χ0v) is 24.8. The monoisotopic (exact) mass is 580 g/mol. The fourth-order valence-corrected chi connectivity index (χ4v) is 6.42. The van der Waals surface area contributed by atoms with E-state index in [1.165, 1.54) is 17.7 Å².